The van der Waals surface area contributed by atoms with E-state index in [9.17, 15) is 4.79 Å². The van der Waals surface area contributed by atoms with Gasteiger partial charge in [0.05, 0.1) is 27.0 Å². The summed E-state index contributed by atoms with van der Waals surface area (Å²) in [6.45, 7) is 0. The molecule has 0 atom stereocenters. The number of amides is 2. The number of anilines is 2. The van der Waals surface area contributed by atoms with Gasteiger partial charge < -0.3 is 29.3 Å². The highest BCUT2D eigenvalue weighted by molar-refractivity contribution is 6.00. The van der Waals surface area contributed by atoms with Gasteiger partial charge in [0, 0.05) is 28.9 Å². The van der Waals surface area contributed by atoms with E-state index in [0.29, 0.717) is 40.4 Å². The summed E-state index contributed by atoms with van der Waals surface area (Å²) in [6, 6.07) is 19.5. The molecule has 3 aromatic carbocycles. The fourth-order valence-corrected chi connectivity index (χ4v) is 3.18. The second kappa shape index (κ2) is 9.73. The van der Waals surface area contributed by atoms with Gasteiger partial charge in [-0.05, 0) is 36.4 Å². The molecule has 0 spiro atoms. The van der Waals surface area contributed by atoms with Gasteiger partial charge in [-0.15, -0.1) is 10.2 Å². The van der Waals surface area contributed by atoms with Crippen LogP contribution in [0.3, 0.4) is 0 Å². The van der Waals surface area contributed by atoms with Crippen LogP contribution in [0.25, 0.3) is 22.9 Å². The summed E-state index contributed by atoms with van der Waals surface area (Å²) in [6.07, 6.45) is 0. The minimum atomic E-state index is -0.429. The topological polar surface area (TPSA) is 108 Å². The Hall–Kier alpha value is -4.53. The maximum absolute atomic E-state index is 12.5. The highest BCUT2D eigenvalue weighted by Crippen LogP contribution is 2.40. The van der Waals surface area contributed by atoms with E-state index in [1.165, 1.54) is 21.3 Å². The maximum atomic E-state index is 12.5. The Morgan fingerprint density at radius 3 is 1.82 bits per heavy atom. The zero-order valence-corrected chi connectivity index (χ0v) is 18.3. The van der Waals surface area contributed by atoms with E-state index in [1.807, 2.05) is 30.3 Å². The van der Waals surface area contributed by atoms with Crippen LogP contribution in [0.5, 0.6) is 17.2 Å². The lowest BCUT2D eigenvalue weighted by molar-refractivity contribution is 0.262. The van der Waals surface area contributed by atoms with E-state index in [4.69, 9.17) is 18.6 Å². The molecule has 0 aliphatic rings. The normalized spacial score (nSPS) is 10.4. The predicted molar refractivity (Wildman–Crippen MR) is 124 cm³/mol. The Labute approximate surface area is 190 Å². The van der Waals surface area contributed by atoms with Crippen molar-refractivity contribution in [2.75, 3.05) is 32.0 Å². The summed E-state index contributed by atoms with van der Waals surface area (Å²) in [5.74, 6) is 2.15. The minimum Gasteiger partial charge on any atom is -0.493 e. The molecule has 0 aliphatic carbocycles. The number of nitrogens with zero attached hydrogens (tertiary/aromatic N) is 2. The number of aromatic nitrogens is 2. The van der Waals surface area contributed by atoms with Crippen molar-refractivity contribution in [3.63, 3.8) is 0 Å². The van der Waals surface area contributed by atoms with Gasteiger partial charge in [-0.25, -0.2) is 4.79 Å². The second-order valence-corrected chi connectivity index (χ2v) is 6.85. The number of carbonyl (C=O) groups excluding carboxylic acids is 1. The third-order valence-electron chi connectivity index (χ3n) is 4.76. The minimum absolute atomic E-state index is 0.391. The van der Waals surface area contributed by atoms with Crippen molar-refractivity contribution in [3.8, 4) is 40.2 Å². The summed E-state index contributed by atoms with van der Waals surface area (Å²) < 4.78 is 21.7. The lowest BCUT2D eigenvalue weighted by Gasteiger charge is -2.15. The van der Waals surface area contributed by atoms with Gasteiger partial charge in [-0.3, -0.25) is 0 Å². The molecule has 9 heteroatoms. The Morgan fingerprint density at radius 2 is 1.27 bits per heavy atom. The van der Waals surface area contributed by atoms with Crippen LogP contribution in [0.1, 0.15) is 0 Å². The van der Waals surface area contributed by atoms with Crippen LogP contribution in [0, 0.1) is 0 Å². The summed E-state index contributed by atoms with van der Waals surface area (Å²) >= 11 is 0. The van der Waals surface area contributed by atoms with Gasteiger partial charge in [-0.1, -0.05) is 18.2 Å². The summed E-state index contributed by atoms with van der Waals surface area (Å²) in [5, 5.41) is 13.7. The van der Waals surface area contributed by atoms with Crippen LogP contribution >= 0.6 is 0 Å². The molecular formula is C24H22N4O5. The van der Waals surface area contributed by atoms with Crippen molar-refractivity contribution in [2.24, 2.45) is 0 Å². The molecule has 1 heterocycles. The van der Waals surface area contributed by atoms with E-state index in [-0.39, 0.29) is 0 Å². The van der Waals surface area contributed by atoms with Crippen LogP contribution in [0.4, 0.5) is 16.2 Å². The SMILES string of the molecule is COc1cc(NC(=O)Nc2ccc(-c3nnc(-c4ccccc4)o3)cc2)cc(OC)c1OC. The first-order valence-electron chi connectivity index (χ1n) is 9.98. The zero-order valence-electron chi connectivity index (χ0n) is 18.3. The largest absolute Gasteiger partial charge is 0.493 e. The highest BCUT2D eigenvalue weighted by Gasteiger charge is 2.15. The smallest absolute Gasteiger partial charge is 0.323 e. The zero-order chi connectivity index (χ0) is 23.2. The quantitative estimate of drug-likeness (QED) is 0.408. The van der Waals surface area contributed by atoms with Gasteiger partial charge in [-0.2, -0.15) is 0 Å². The first kappa shape index (κ1) is 21.7. The van der Waals surface area contributed by atoms with Crippen molar-refractivity contribution in [1.29, 1.82) is 0 Å². The molecule has 0 saturated heterocycles. The molecule has 2 amide bonds. The van der Waals surface area contributed by atoms with Crippen molar-refractivity contribution < 1.29 is 23.4 Å². The molecule has 2 N–H and O–H groups in total. The molecule has 0 bridgehead atoms. The lowest BCUT2D eigenvalue weighted by atomic mass is 10.2. The predicted octanol–water partition coefficient (Wildman–Crippen LogP) is 5.07. The number of urea groups is 1. The lowest BCUT2D eigenvalue weighted by Crippen LogP contribution is -2.19. The number of hydrogen-bond donors (Lipinski definition) is 2. The van der Waals surface area contributed by atoms with E-state index in [2.05, 4.69) is 20.8 Å². The molecule has 168 valence electrons. The fourth-order valence-electron chi connectivity index (χ4n) is 3.18. The highest BCUT2D eigenvalue weighted by atomic mass is 16.5. The molecule has 4 aromatic rings. The number of carbonyl (C=O) groups is 1. The molecule has 9 nitrogen and oxygen atoms in total. The van der Waals surface area contributed by atoms with Crippen molar-refractivity contribution in [3.05, 3.63) is 66.7 Å². The Balaban J connectivity index is 1.43. The number of ether oxygens (including phenoxy) is 3. The van der Waals surface area contributed by atoms with Crippen molar-refractivity contribution >= 4 is 17.4 Å². The standard InChI is InChI=1S/C24H22N4O5/c1-30-19-13-18(14-20(31-2)21(19)32-3)26-24(29)25-17-11-9-16(10-12-17)23-28-27-22(33-23)15-7-5-4-6-8-15/h4-14H,1-3H3,(H2,25,26,29). The molecule has 4 rings (SSSR count). The molecule has 0 radical (unpaired) electrons. The maximum Gasteiger partial charge on any atom is 0.323 e. The Bertz CT molecular complexity index is 1210. The molecule has 0 unspecified atom stereocenters. The number of hydrogen-bond acceptors (Lipinski definition) is 7. The van der Waals surface area contributed by atoms with Crippen molar-refractivity contribution in [1.82, 2.24) is 10.2 Å². The molecule has 1 aromatic heterocycles. The van der Waals surface area contributed by atoms with Gasteiger partial charge in [0.1, 0.15) is 0 Å². The molecule has 0 aliphatic heterocycles. The third kappa shape index (κ3) is 4.87. The average Bonchev–Trinajstić information content (AvgIpc) is 3.34. The third-order valence-corrected chi connectivity index (χ3v) is 4.76. The van der Waals surface area contributed by atoms with Crippen molar-refractivity contribution in [2.45, 2.75) is 0 Å². The molecular weight excluding hydrogens is 424 g/mol. The Morgan fingerprint density at radius 1 is 0.727 bits per heavy atom. The van der Waals surface area contributed by atoms with Crippen LogP contribution in [-0.4, -0.2) is 37.6 Å². The van der Waals surface area contributed by atoms with E-state index < -0.39 is 6.03 Å². The van der Waals surface area contributed by atoms with E-state index in [0.717, 1.165) is 11.1 Å². The number of nitrogens with one attached hydrogen (secondary N) is 2. The Kier molecular flexibility index (Phi) is 6.40. The number of methoxy groups -OCH3 is 3. The van der Waals surface area contributed by atoms with Crippen LogP contribution < -0.4 is 24.8 Å². The van der Waals surface area contributed by atoms with E-state index in [1.54, 1.807) is 36.4 Å². The van der Waals surface area contributed by atoms with Crippen LogP contribution in [0.15, 0.2) is 71.1 Å². The number of benzene rings is 3. The molecule has 0 saturated carbocycles. The first-order chi connectivity index (χ1) is 16.1. The number of rotatable bonds is 7. The van der Waals surface area contributed by atoms with Gasteiger partial charge in [0.2, 0.25) is 17.5 Å². The second-order valence-electron chi connectivity index (χ2n) is 6.85. The van der Waals surface area contributed by atoms with E-state index >= 15 is 0 Å². The van der Waals surface area contributed by atoms with Gasteiger partial charge in [0.15, 0.2) is 11.5 Å². The summed E-state index contributed by atoms with van der Waals surface area (Å²) in [5.41, 5.74) is 2.66. The molecule has 0 fully saturated rings. The summed E-state index contributed by atoms with van der Waals surface area (Å²) in [7, 11) is 4.53. The average molecular weight is 446 g/mol. The molecule has 33 heavy (non-hydrogen) atoms. The van der Waals surface area contributed by atoms with Gasteiger partial charge >= 0.3 is 6.03 Å². The summed E-state index contributed by atoms with van der Waals surface area (Å²) in [4.78, 5) is 12.5. The monoisotopic (exact) mass is 446 g/mol. The van der Waals surface area contributed by atoms with Gasteiger partial charge in [0.25, 0.3) is 0 Å². The fraction of sp³-hybridized carbons (Fsp3) is 0.125. The van der Waals surface area contributed by atoms with Crippen LogP contribution in [-0.2, 0) is 0 Å². The van der Waals surface area contributed by atoms with Crippen LogP contribution in [0.2, 0.25) is 0 Å². The first-order valence-corrected chi connectivity index (χ1v) is 9.98.